The molecular formula is C34H60O3S. The van der Waals surface area contributed by atoms with Crippen LogP contribution in [-0.4, -0.2) is 29.2 Å². The Kier molecular flexibility index (Phi) is 19.0. The molecule has 1 atom stereocenters. The number of phenolic OH excluding ortho intramolecular Hbond substituents is 1. The Morgan fingerprint density at radius 3 is 1.76 bits per heavy atom. The van der Waals surface area contributed by atoms with Crippen molar-refractivity contribution < 1.29 is 14.6 Å². The number of aromatic hydroxyl groups is 1. The number of aryl methyl sites for hydroxylation is 1. The third kappa shape index (κ3) is 15.4. The van der Waals surface area contributed by atoms with Crippen LogP contribution in [0.2, 0.25) is 0 Å². The van der Waals surface area contributed by atoms with Gasteiger partial charge in [-0.15, -0.1) is 0 Å². The van der Waals surface area contributed by atoms with E-state index in [9.17, 15) is 9.90 Å². The maximum Gasteiger partial charge on any atom is 0.313 e. The van der Waals surface area contributed by atoms with Crippen LogP contribution in [0.5, 0.6) is 5.75 Å². The van der Waals surface area contributed by atoms with Crippen molar-refractivity contribution in [3.8, 4) is 5.75 Å². The highest BCUT2D eigenvalue weighted by Crippen LogP contribution is 2.35. The van der Waals surface area contributed by atoms with Crippen LogP contribution in [0.4, 0.5) is 0 Å². The van der Waals surface area contributed by atoms with Gasteiger partial charge in [-0.1, -0.05) is 130 Å². The van der Waals surface area contributed by atoms with Gasteiger partial charge in [0.15, 0.2) is 0 Å². The lowest BCUT2D eigenvalue weighted by molar-refractivity contribution is -0.144. The molecule has 38 heavy (non-hydrogen) atoms. The van der Waals surface area contributed by atoms with Crippen LogP contribution in [0, 0.1) is 6.92 Å². The van der Waals surface area contributed by atoms with Crippen LogP contribution in [0.25, 0.3) is 0 Å². The summed E-state index contributed by atoms with van der Waals surface area (Å²) in [6.45, 7) is 12.8. The molecule has 3 nitrogen and oxygen atoms in total. The first-order valence-electron chi connectivity index (χ1n) is 15.8. The normalized spacial score (nSPS) is 12.6. The summed E-state index contributed by atoms with van der Waals surface area (Å²) < 4.78 is 5.54. The minimum atomic E-state index is -0.375. The Labute approximate surface area is 240 Å². The zero-order valence-corrected chi connectivity index (χ0v) is 26.7. The number of phenols is 1. The van der Waals surface area contributed by atoms with Crippen molar-refractivity contribution in [2.24, 2.45) is 0 Å². The molecule has 0 fully saturated rings. The summed E-state index contributed by atoms with van der Waals surface area (Å²) in [6, 6.07) is 3.75. The summed E-state index contributed by atoms with van der Waals surface area (Å²) >= 11 is 1.88. The molecule has 1 unspecified atom stereocenters. The lowest BCUT2D eigenvalue weighted by Gasteiger charge is -2.23. The quantitative estimate of drug-likeness (QED) is 0.116. The number of ether oxygens (including phenoxy) is 1. The predicted octanol–water partition coefficient (Wildman–Crippen LogP) is 10.6. The van der Waals surface area contributed by atoms with Crippen LogP contribution < -0.4 is 0 Å². The van der Waals surface area contributed by atoms with E-state index in [1.807, 2.05) is 31.7 Å². The van der Waals surface area contributed by atoms with E-state index < -0.39 is 0 Å². The second kappa shape index (κ2) is 20.7. The molecule has 0 radical (unpaired) electrons. The first-order chi connectivity index (χ1) is 18.2. The fourth-order valence-electron chi connectivity index (χ4n) is 5.09. The van der Waals surface area contributed by atoms with Crippen LogP contribution in [0.3, 0.4) is 0 Å². The first-order valence-corrected chi connectivity index (χ1v) is 16.9. The lowest BCUT2D eigenvalue weighted by atomic mass is 9.83. The summed E-state index contributed by atoms with van der Waals surface area (Å²) in [5.74, 6) is 1.67. The lowest BCUT2D eigenvalue weighted by Crippen LogP contribution is -2.17. The van der Waals surface area contributed by atoms with Crippen LogP contribution in [0.1, 0.15) is 160 Å². The molecule has 0 aliphatic carbocycles. The monoisotopic (exact) mass is 548 g/mol. The number of hydrogen-bond donors (Lipinski definition) is 1. The summed E-state index contributed by atoms with van der Waals surface area (Å²) in [5, 5.41) is 10.5. The maximum atomic E-state index is 12.6. The number of benzene rings is 1. The van der Waals surface area contributed by atoms with Gasteiger partial charge in [-0.2, -0.15) is 11.8 Å². The van der Waals surface area contributed by atoms with E-state index >= 15 is 0 Å². The van der Waals surface area contributed by atoms with Crippen molar-refractivity contribution in [3.63, 3.8) is 0 Å². The number of unbranched alkanes of at least 4 members (excludes halogenated alkanes) is 15. The number of esters is 1. The van der Waals surface area contributed by atoms with Crippen LogP contribution >= 0.6 is 11.8 Å². The molecule has 220 valence electrons. The number of hydrogen-bond acceptors (Lipinski definition) is 4. The maximum absolute atomic E-state index is 12.6. The SMILES string of the molecule is CCCCCCCCCCCCCCCCCCSCCOC(=O)C(C)c1cc(O)c(C(C)(C)C)cc1C. The first kappa shape index (κ1) is 34.9. The third-order valence-corrected chi connectivity index (χ3v) is 8.66. The molecule has 0 saturated carbocycles. The Balaban J connectivity index is 1.99. The average Bonchev–Trinajstić information content (AvgIpc) is 2.87. The van der Waals surface area contributed by atoms with Gasteiger partial charge < -0.3 is 9.84 Å². The fraction of sp³-hybridized carbons (Fsp3) is 0.794. The van der Waals surface area contributed by atoms with Gasteiger partial charge in [0.05, 0.1) is 5.92 Å². The molecule has 1 N–H and O–H groups in total. The van der Waals surface area contributed by atoms with Crippen molar-refractivity contribution in [1.29, 1.82) is 0 Å². The van der Waals surface area contributed by atoms with Gasteiger partial charge >= 0.3 is 5.97 Å². The van der Waals surface area contributed by atoms with E-state index in [-0.39, 0.29) is 23.1 Å². The van der Waals surface area contributed by atoms with E-state index in [4.69, 9.17) is 4.74 Å². The standard InChI is InChI=1S/C34H60O3S/c1-7-8-9-10-11-12-13-14-15-16-17-18-19-20-21-22-24-38-25-23-37-33(36)29(3)30-27-32(35)31(26-28(30)2)34(4,5)6/h26-27,29,35H,7-25H2,1-6H3. The molecular weight excluding hydrogens is 488 g/mol. The topological polar surface area (TPSA) is 46.5 Å². The Hall–Kier alpha value is -1.16. The second-order valence-corrected chi connectivity index (χ2v) is 13.5. The highest BCUT2D eigenvalue weighted by Gasteiger charge is 2.24. The van der Waals surface area contributed by atoms with E-state index in [0.717, 1.165) is 28.2 Å². The van der Waals surface area contributed by atoms with Crippen molar-refractivity contribution in [3.05, 3.63) is 28.8 Å². The van der Waals surface area contributed by atoms with Crippen LogP contribution in [0.15, 0.2) is 12.1 Å². The molecule has 4 heteroatoms. The number of thioether (sulfide) groups is 1. The Morgan fingerprint density at radius 2 is 1.29 bits per heavy atom. The minimum absolute atomic E-state index is 0.138. The summed E-state index contributed by atoms with van der Waals surface area (Å²) in [4.78, 5) is 12.6. The van der Waals surface area contributed by atoms with Crippen molar-refractivity contribution in [2.45, 2.75) is 156 Å². The van der Waals surface area contributed by atoms with Crippen molar-refractivity contribution in [2.75, 3.05) is 18.1 Å². The molecule has 0 spiro atoms. The van der Waals surface area contributed by atoms with Gasteiger partial charge in [0, 0.05) is 5.75 Å². The number of carbonyl (C=O) groups excluding carboxylic acids is 1. The van der Waals surface area contributed by atoms with Crippen LogP contribution in [-0.2, 0) is 14.9 Å². The summed E-state index contributed by atoms with van der Waals surface area (Å²) in [6.07, 6.45) is 22.4. The molecule has 0 saturated heterocycles. The number of rotatable bonds is 22. The molecule has 1 rings (SSSR count). The van der Waals surface area contributed by atoms with Gasteiger partial charge in [0.2, 0.25) is 0 Å². The molecule has 0 aromatic heterocycles. The molecule has 1 aromatic rings. The molecule has 0 bridgehead atoms. The van der Waals surface area contributed by atoms with Crippen molar-refractivity contribution in [1.82, 2.24) is 0 Å². The highest BCUT2D eigenvalue weighted by molar-refractivity contribution is 7.99. The zero-order valence-electron chi connectivity index (χ0n) is 25.8. The predicted molar refractivity (Wildman–Crippen MR) is 168 cm³/mol. The molecule has 0 aliphatic heterocycles. The molecule has 1 aromatic carbocycles. The fourth-order valence-corrected chi connectivity index (χ4v) is 5.90. The van der Waals surface area contributed by atoms with Gasteiger partial charge in [-0.25, -0.2) is 0 Å². The van der Waals surface area contributed by atoms with Crippen molar-refractivity contribution >= 4 is 17.7 Å². The number of carbonyl (C=O) groups is 1. The second-order valence-electron chi connectivity index (χ2n) is 12.3. The van der Waals surface area contributed by atoms with E-state index in [1.54, 1.807) is 6.07 Å². The molecule has 0 amide bonds. The largest absolute Gasteiger partial charge is 0.508 e. The van der Waals surface area contributed by atoms with Gasteiger partial charge in [0.1, 0.15) is 12.4 Å². The average molecular weight is 549 g/mol. The van der Waals surface area contributed by atoms with Gasteiger partial charge in [-0.05, 0) is 54.2 Å². The summed E-state index contributed by atoms with van der Waals surface area (Å²) in [7, 11) is 0. The Bertz CT molecular complexity index is 753. The minimum Gasteiger partial charge on any atom is -0.508 e. The highest BCUT2D eigenvalue weighted by atomic mass is 32.2. The summed E-state index contributed by atoms with van der Waals surface area (Å²) in [5.41, 5.74) is 2.64. The molecule has 0 heterocycles. The van der Waals surface area contributed by atoms with E-state index in [2.05, 4.69) is 27.7 Å². The smallest absolute Gasteiger partial charge is 0.313 e. The Morgan fingerprint density at radius 1 is 0.816 bits per heavy atom. The molecule has 0 aliphatic rings. The van der Waals surface area contributed by atoms with Gasteiger partial charge in [-0.3, -0.25) is 4.79 Å². The third-order valence-electron chi connectivity index (χ3n) is 7.63. The van der Waals surface area contributed by atoms with Gasteiger partial charge in [0.25, 0.3) is 0 Å². The van der Waals surface area contributed by atoms with E-state index in [0.29, 0.717) is 6.61 Å². The zero-order chi connectivity index (χ0) is 28.2. The van der Waals surface area contributed by atoms with E-state index in [1.165, 1.54) is 103 Å².